The normalized spacial score (nSPS) is 15.2. The van der Waals surface area contributed by atoms with Crippen molar-refractivity contribution in [3.05, 3.63) is 65.7 Å². The number of thiazole rings is 1. The van der Waals surface area contributed by atoms with Crippen LogP contribution in [0.4, 0.5) is 16.5 Å². The van der Waals surface area contributed by atoms with Gasteiger partial charge in [0.1, 0.15) is 5.92 Å². The number of nitrogens with zero attached hydrogens (tertiary/aromatic N) is 1. The molecule has 0 bridgehead atoms. The Hall–Kier alpha value is -3.57. The summed E-state index contributed by atoms with van der Waals surface area (Å²) in [6, 6.07) is 11.9. The van der Waals surface area contributed by atoms with E-state index in [1.54, 1.807) is 29.6 Å². The van der Waals surface area contributed by atoms with Gasteiger partial charge in [-0.25, -0.2) is 13.4 Å². The van der Waals surface area contributed by atoms with Crippen LogP contribution in [0, 0.1) is 0 Å². The van der Waals surface area contributed by atoms with E-state index in [-0.39, 0.29) is 15.7 Å². The lowest BCUT2D eigenvalue weighted by Crippen LogP contribution is -2.31. The molecule has 3 N–H and O–H groups in total. The van der Waals surface area contributed by atoms with Crippen LogP contribution < -0.4 is 15.4 Å². The van der Waals surface area contributed by atoms with Crippen LogP contribution in [-0.2, 0) is 24.4 Å². The Balaban J connectivity index is 1.46. The Morgan fingerprint density at radius 1 is 1.07 bits per heavy atom. The number of para-hydroxylation sites is 1. The maximum Gasteiger partial charge on any atom is 0.292 e. The van der Waals surface area contributed by atoms with Gasteiger partial charge in [0.2, 0.25) is 11.7 Å². The minimum atomic E-state index is -3.83. The predicted molar refractivity (Wildman–Crippen MR) is 111 cm³/mol. The molecule has 2 aromatic carbocycles. The van der Waals surface area contributed by atoms with Crippen molar-refractivity contribution in [3.8, 4) is 0 Å². The molecule has 1 unspecified atom stereocenters. The van der Waals surface area contributed by atoms with Gasteiger partial charge in [-0.05, 0) is 35.9 Å². The highest BCUT2D eigenvalue weighted by molar-refractivity contribution is 7.93. The van der Waals surface area contributed by atoms with E-state index in [1.807, 2.05) is 0 Å². The molecule has 3 aromatic rings. The fraction of sp³-hybridized carbons (Fsp3) is 0.0526. The van der Waals surface area contributed by atoms with E-state index in [4.69, 9.17) is 0 Å². The number of anilines is 3. The standard InChI is InChI=1S/C19H14N4O5S2/c24-16(15-13-3-1-2-4-14(13)22-17(15)25)18(26)21-11-5-7-12(8-6-11)30(27,28)23-19-20-9-10-29-19/h1-10,15H,(H,20,23)(H,21,26)(H,22,25). The summed E-state index contributed by atoms with van der Waals surface area (Å²) in [7, 11) is -3.83. The minimum absolute atomic E-state index is 0.0360. The number of nitrogens with one attached hydrogen (secondary N) is 3. The van der Waals surface area contributed by atoms with Crippen LogP contribution in [0.25, 0.3) is 0 Å². The number of fused-ring (bicyclic) bond motifs is 1. The van der Waals surface area contributed by atoms with Crippen molar-refractivity contribution in [1.82, 2.24) is 4.98 Å². The van der Waals surface area contributed by atoms with Gasteiger partial charge in [-0.2, -0.15) is 0 Å². The number of ketones is 1. The summed E-state index contributed by atoms with van der Waals surface area (Å²) in [6.07, 6.45) is 1.47. The highest BCUT2D eigenvalue weighted by Gasteiger charge is 2.39. The maximum absolute atomic E-state index is 12.5. The van der Waals surface area contributed by atoms with Crippen molar-refractivity contribution in [2.45, 2.75) is 10.8 Å². The van der Waals surface area contributed by atoms with Gasteiger partial charge >= 0.3 is 0 Å². The van der Waals surface area contributed by atoms with Crippen molar-refractivity contribution < 1.29 is 22.8 Å². The number of benzene rings is 2. The van der Waals surface area contributed by atoms with Crippen molar-refractivity contribution in [2.24, 2.45) is 0 Å². The lowest BCUT2D eigenvalue weighted by Gasteiger charge is -2.10. The number of sulfonamides is 1. The Morgan fingerprint density at radius 2 is 1.80 bits per heavy atom. The molecule has 4 rings (SSSR count). The van der Waals surface area contributed by atoms with Gasteiger partial charge in [0.25, 0.3) is 15.9 Å². The van der Waals surface area contributed by atoms with Crippen molar-refractivity contribution in [2.75, 3.05) is 15.4 Å². The SMILES string of the molecule is O=C(Nc1ccc(S(=O)(=O)Nc2nccs2)cc1)C(=O)C1C(=O)Nc2ccccc21. The van der Waals surface area contributed by atoms with Gasteiger partial charge < -0.3 is 10.6 Å². The Kier molecular flexibility index (Phi) is 5.06. The first-order valence-electron chi connectivity index (χ1n) is 8.62. The van der Waals surface area contributed by atoms with Crippen LogP contribution in [0.5, 0.6) is 0 Å². The van der Waals surface area contributed by atoms with E-state index in [1.165, 1.54) is 30.5 Å². The Bertz CT molecular complexity index is 1240. The summed E-state index contributed by atoms with van der Waals surface area (Å²) in [5.74, 6) is -3.66. The van der Waals surface area contributed by atoms with Gasteiger partial charge in [-0.3, -0.25) is 19.1 Å². The van der Waals surface area contributed by atoms with E-state index in [2.05, 4.69) is 20.3 Å². The molecule has 30 heavy (non-hydrogen) atoms. The number of Topliss-reactive ketones (excluding diaryl/α,β-unsaturated/α-hetero) is 1. The van der Waals surface area contributed by atoms with E-state index in [0.717, 1.165) is 11.3 Å². The second-order valence-corrected chi connectivity index (χ2v) is 8.87. The average Bonchev–Trinajstić information content (AvgIpc) is 3.34. The van der Waals surface area contributed by atoms with Gasteiger partial charge in [0.15, 0.2) is 5.13 Å². The third kappa shape index (κ3) is 3.80. The number of hydrogen-bond acceptors (Lipinski definition) is 7. The molecule has 1 aliphatic heterocycles. The summed E-state index contributed by atoms with van der Waals surface area (Å²) in [5, 5.41) is 6.84. The first-order valence-corrected chi connectivity index (χ1v) is 11.0. The zero-order valence-electron chi connectivity index (χ0n) is 15.2. The van der Waals surface area contributed by atoms with E-state index in [0.29, 0.717) is 11.3 Å². The third-order valence-electron chi connectivity index (χ3n) is 4.35. The average molecular weight is 442 g/mol. The van der Waals surface area contributed by atoms with Crippen LogP contribution in [0.1, 0.15) is 11.5 Å². The molecule has 0 aliphatic carbocycles. The summed E-state index contributed by atoms with van der Waals surface area (Å²) >= 11 is 1.14. The topological polar surface area (TPSA) is 134 Å². The molecule has 1 aliphatic rings. The molecule has 0 fully saturated rings. The lowest BCUT2D eigenvalue weighted by molar-refractivity contribution is -0.138. The van der Waals surface area contributed by atoms with Crippen molar-refractivity contribution in [3.63, 3.8) is 0 Å². The number of hydrogen-bond donors (Lipinski definition) is 3. The minimum Gasteiger partial charge on any atom is -0.325 e. The maximum atomic E-state index is 12.5. The summed E-state index contributed by atoms with van der Waals surface area (Å²) in [6.45, 7) is 0. The van der Waals surface area contributed by atoms with Gasteiger partial charge in [0, 0.05) is 23.0 Å². The highest BCUT2D eigenvalue weighted by atomic mass is 32.2. The van der Waals surface area contributed by atoms with Crippen LogP contribution in [0.3, 0.4) is 0 Å². The molecular formula is C19H14N4O5S2. The Morgan fingerprint density at radius 3 is 2.50 bits per heavy atom. The van der Waals surface area contributed by atoms with E-state index >= 15 is 0 Å². The summed E-state index contributed by atoms with van der Waals surface area (Å²) < 4.78 is 27.0. The molecule has 0 spiro atoms. The van der Waals surface area contributed by atoms with Crippen molar-refractivity contribution in [1.29, 1.82) is 0 Å². The zero-order valence-corrected chi connectivity index (χ0v) is 16.8. The van der Waals surface area contributed by atoms with Crippen LogP contribution in [0.15, 0.2) is 65.0 Å². The van der Waals surface area contributed by atoms with Gasteiger partial charge in [-0.1, -0.05) is 18.2 Å². The van der Waals surface area contributed by atoms with Crippen LogP contribution >= 0.6 is 11.3 Å². The molecular weight excluding hydrogens is 428 g/mol. The molecule has 1 aromatic heterocycles. The van der Waals surface area contributed by atoms with Crippen LogP contribution in [0.2, 0.25) is 0 Å². The number of amides is 2. The zero-order chi connectivity index (χ0) is 21.3. The lowest BCUT2D eigenvalue weighted by atomic mass is 9.95. The molecule has 0 saturated heterocycles. The second kappa shape index (κ2) is 7.69. The highest BCUT2D eigenvalue weighted by Crippen LogP contribution is 2.33. The quantitative estimate of drug-likeness (QED) is 0.396. The van der Waals surface area contributed by atoms with Gasteiger partial charge in [-0.15, -0.1) is 11.3 Å². The number of carbonyl (C=O) groups is 3. The summed E-state index contributed by atoms with van der Waals surface area (Å²) in [5.41, 5.74) is 1.15. The fourth-order valence-corrected chi connectivity index (χ4v) is 4.75. The second-order valence-electron chi connectivity index (χ2n) is 6.30. The van der Waals surface area contributed by atoms with E-state index < -0.39 is 33.5 Å². The third-order valence-corrected chi connectivity index (χ3v) is 6.53. The summed E-state index contributed by atoms with van der Waals surface area (Å²) in [4.78, 5) is 40.9. The molecule has 2 heterocycles. The van der Waals surface area contributed by atoms with E-state index in [9.17, 15) is 22.8 Å². The first-order chi connectivity index (χ1) is 14.3. The Labute approximate surface area is 175 Å². The first kappa shape index (κ1) is 19.7. The smallest absolute Gasteiger partial charge is 0.292 e. The molecule has 0 saturated carbocycles. The molecule has 2 amide bonds. The number of rotatable bonds is 6. The molecule has 152 valence electrons. The predicted octanol–water partition coefficient (Wildman–Crippen LogP) is 2.19. The number of aromatic nitrogens is 1. The molecule has 1 atom stereocenters. The van der Waals surface area contributed by atoms with Gasteiger partial charge in [0.05, 0.1) is 4.90 Å². The molecule has 11 heteroatoms. The number of carbonyl (C=O) groups excluding carboxylic acids is 3. The van der Waals surface area contributed by atoms with Crippen molar-refractivity contribution >= 4 is 55.5 Å². The monoisotopic (exact) mass is 442 g/mol. The molecule has 0 radical (unpaired) electrons. The fourth-order valence-electron chi connectivity index (χ4n) is 2.96. The largest absolute Gasteiger partial charge is 0.325 e. The van der Waals surface area contributed by atoms with Crippen LogP contribution in [-0.4, -0.2) is 31.0 Å². The molecule has 9 nitrogen and oxygen atoms in total.